The molecule has 0 aromatic heterocycles. The Labute approximate surface area is 103 Å². The Balaban J connectivity index is 2.61. The second kappa shape index (κ2) is 6.62. The van der Waals surface area contributed by atoms with Crippen molar-refractivity contribution in [3.05, 3.63) is 0 Å². The van der Waals surface area contributed by atoms with Crippen molar-refractivity contribution in [2.45, 2.75) is 45.4 Å². The van der Waals surface area contributed by atoms with Crippen LogP contribution in [0.5, 0.6) is 0 Å². The molecule has 0 bridgehead atoms. The van der Waals surface area contributed by atoms with Gasteiger partial charge in [0.05, 0.1) is 11.8 Å². The highest BCUT2D eigenvalue weighted by Crippen LogP contribution is 2.31. The highest BCUT2D eigenvalue weighted by atomic mass is 16.4. The smallest absolute Gasteiger partial charge is 0.307 e. The first-order valence-electron chi connectivity index (χ1n) is 6.55. The van der Waals surface area contributed by atoms with E-state index in [-0.39, 0.29) is 11.8 Å². The lowest BCUT2D eigenvalue weighted by molar-refractivity contribution is -0.151. The first-order valence-corrected chi connectivity index (χ1v) is 6.55. The molecule has 0 radical (unpaired) electrons. The lowest BCUT2D eigenvalue weighted by atomic mass is 9.78. The van der Waals surface area contributed by atoms with Crippen LogP contribution < -0.4 is 0 Å². The molecule has 1 amide bonds. The number of amides is 1. The molecule has 17 heavy (non-hydrogen) atoms. The molecule has 1 fully saturated rings. The largest absolute Gasteiger partial charge is 0.481 e. The van der Waals surface area contributed by atoms with Crippen LogP contribution in [0, 0.1) is 11.8 Å². The summed E-state index contributed by atoms with van der Waals surface area (Å²) in [5.74, 6) is -1.57. The molecule has 1 aliphatic carbocycles. The predicted molar refractivity (Wildman–Crippen MR) is 65.6 cm³/mol. The Morgan fingerprint density at radius 3 is 2.35 bits per heavy atom. The van der Waals surface area contributed by atoms with Crippen molar-refractivity contribution < 1.29 is 14.7 Å². The number of nitrogens with zero attached hydrogens (tertiary/aromatic N) is 1. The second-order valence-electron chi connectivity index (χ2n) is 4.95. The van der Waals surface area contributed by atoms with Crippen molar-refractivity contribution in [2.24, 2.45) is 11.8 Å². The summed E-state index contributed by atoms with van der Waals surface area (Å²) in [6.07, 6.45) is 5.30. The van der Waals surface area contributed by atoms with Crippen LogP contribution in [0.15, 0.2) is 0 Å². The molecule has 1 rings (SSSR count). The fourth-order valence-corrected chi connectivity index (χ4v) is 2.51. The molecule has 0 aromatic rings. The van der Waals surface area contributed by atoms with Crippen LogP contribution in [0.3, 0.4) is 0 Å². The summed E-state index contributed by atoms with van der Waals surface area (Å²) in [5.41, 5.74) is 0. The molecule has 0 aliphatic heterocycles. The van der Waals surface area contributed by atoms with Gasteiger partial charge in [0, 0.05) is 13.6 Å². The van der Waals surface area contributed by atoms with E-state index in [1.54, 1.807) is 11.9 Å². The first kappa shape index (κ1) is 14.0. The van der Waals surface area contributed by atoms with Gasteiger partial charge in [-0.15, -0.1) is 0 Å². The Kier molecular flexibility index (Phi) is 5.45. The van der Waals surface area contributed by atoms with Gasteiger partial charge in [-0.3, -0.25) is 9.59 Å². The normalized spacial score (nSPS) is 24.4. The molecule has 0 unspecified atom stereocenters. The van der Waals surface area contributed by atoms with Crippen LogP contribution >= 0.6 is 0 Å². The number of hydrogen-bond acceptors (Lipinski definition) is 2. The third-order valence-electron chi connectivity index (χ3n) is 3.62. The molecule has 4 heteroatoms. The molecule has 1 aliphatic rings. The fourth-order valence-electron chi connectivity index (χ4n) is 2.51. The number of carboxylic acid groups (broad SMARTS) is 1. The van der Waals surface area contributed by atoms with E-state index in [2.05, 4.69) is 6.92 Å². The predicted octanol–water partition coefficient (Wildman–Crippen LogP) is 2.14. The zero-order chi connectivity index (χ0) is 12.8. The summed E-state index contributed by atoms with van der Waals surface area (Å²) in [7, 11) is 1.78. The Hall–Kier alpha value is -1.06. The third kappa shape index (κ3) is 3.72. The maximum Gasteiger partial charge on any atom is 0.307 e. The molecule has 1 saturated carbocycles. The molecular weight excluding hydrogens is 218 g/mol. The van der Waals surface area contributed by atoms with E-state index in [4.69, 9.17) is 5.11 Å². The van der Waals surface area contributed by atoms with E-state index < -0.39 is 11.9 Å². The second-order valence-corrected chi connectivity index (χ2v) is 4.95. The van der Waals surface area contributed by atoms with Gasteiger partial charge in [-0.05, 0) is 19.3 Å². The van der Waals surface area contributed by atoms with Crippen LogP contribution in [-0.2, 0) is 9.59 Å². The standard InChI is InChI=1S/C13H23NO3/c1-3-4-9-14(2)12(15)10-7-5-6-8-11(10)13(16)17/h10-11H,3-9H2,1-2H3,(H,16,17)/t10-,11+/m1/s1. The van der Waals surface area contributed by atoms with Crippen LogP contribution in [0.1, 0.15) is 45.4 Å². The van der Waals surface area contributed by atoms with Gasteiger partial charge in [-0.1, -0.05) is 26.2 Å². The average Bonchev–Trinajstić information content (AvgIpc) is 2.34. The molecule has 98 valence electrons. The maximum atomic E-state index is 12.2. The van der Waals surface area contributed by atoms with Crippen LogP contribution in [-0.4, -0.2) is 35.5 Å². The number of carboxylic acids is 1. The number of aliphatic carboxylic acids is 1. The van der Waals surface area contributed by atoms with Crippen molar-refractivity contribution >= 4 is 11.9 Å². The summed E-state index contributed by atoms with van der Waals surface area (Å²) in [4.78, 5) is 25.0. The van der Waals surface area contributed by atoms with E-state index in [1.165, 1.54) is 0 Å². The minimum atomic E-state index is -0.813. The van der Waals surface area contributed by atoms with Gasteiger partial charge in [-0.2, -0.15) is 0 Å². The lowest BCUT2D eigenvalue weighted by Crippen LogP contribution is -2.41. The van der Waals surface area contributed by atoms with E-state index in [0.29, 0.717) is 6.42 Å². The first-order chi connectivity index (χ1) is 8.07. The summed E-state index contributed by atoms with van der Waals surface area (Å²) in [5, 5.41) is 9.14. The van der Waals surface area contributed by atoms with Crippen LogP contribution in [0.2, 0.25) is 0 Å². The van der Waals surface area contributed by atoms with Gasteiger partial charge in [0.1, 0.15) is 0 Å². The Morgan fingerprint density at radius 1 is 1.24 bits per heavy atom. The van der Waals surface area contributed by atoms with Gasteiger partial charge >= 0.3 is 5.97 Å². The monoisotopic (exact) mass is 241 g/mol. The van der Waals surface area contributed by atoms with E-state index in [1.807, 2.05) is 0 Å². The Morgan fingerprint density at radius 2 is 1.82 bits per heavy atom. The number of hydrogen-bond donors (Lipinski definition) is 1. The SMILES string of the molecule is CCCCN(C)C(=O)[C@@H]1CCCC[C@@H]1C(=O)O. The zero-order valence-electron chi connectivity index (χ0n) is 10.8. The quantitative estimate of drug-likeness (QED) is 0.802. The number of carbonyl (C=O) groups excluding carboxylic acids is 1. The summed E-state index contributed by atoms with van der Waals surface area (Å²) < 4.78 is 0. The fraction of sp³-hybridized carbons (Fsp3) is 0.846. The van der Waals surface area contributed by atoms with Gasteiger partial charge in [0.15, 0.2) is 0 Å². The van der Waals surface area contributed by atoms with Crippen molar-refractivity contribution in [1.29, 1.82) is 0 Å². The minimum absolute atomic E-state index is 0.0190. The van der Waals surface area contributed by atoms with Crippen LogP contribution in [0.4, 0.5) is 0 Å². The van der Waals surface area contributed by atoms with Crippen molar-refractivity contribution in [3.8, 4) is 0 Å². The molecule has 4 nitrogen and oxygen atoms in total. The van der Waals surface area contributed by atoms with E-state index >= 15 is 0 Å². The van der Waals surface area contributed by atoms with E-state index in [9.17, 15) is 9.59 Å². The molecule has 2 atom stereocenters. The summed E-state index contributed by atoms with van der Waals surface area (Å²) in [6.45, 7) is 2.82. The zero-order valence-corrected chi connectivity index (χ0v) is 10.8. The molecule has 0 aromatic carbocycles. The van der Waals surface area contributed by atoms with Crippen molar-refractivity contribution in [2.75, 3.05) is 13.6 Å². The van der Waals surface area contributed by atoms with Gasteiger partial charge < -0.3 is 10.0 Å². The van der Waals surface area contributed by atoms with Crippen LogP contribution in [0.25, 0.3) is 0 Å². The van der Waals surface area contributed by atoms with Crippen molar-refractivity contribution in [1.82, 2.24) is 4.90 Å². The number of carbonyl (C=O) groups is 2. The number of rotatable bonds is 5. The summed E-state index contributed by atoms with van der Waals surface area (Å²) >= 11 is 0. The molecule has 0 spiro atoms. The van der Waals surface area contributed by atoms with Gasteiger partial charge in [-0.25, -0.2) is 0 Å². The molecular formula is C13H23NO3. The molecule has 0 heterocycles. The van der Waals surface area contributed by atoms with E-state index in [0.717, 1.165) is 38.6 Å². The Bertz CT molecular complexity index is 278. The van der Waals surface area contributed by atoms with Gasteiger partial charge in [0.2, 0.25) is 5.91 Å². The van der Waals surface area contributed by atoms with Crippen molar-refractivity contribution in [3.63, 3.8) is 0 Å². The highest BCUT2D eigenvalue weighted by molar-refractivity contribution is 5.84. The third-order valence-corrected chi connectivity index (χ3v) is 3.62. The molecule has 1 N–H and O–H groups in total. The van der Waals surface area contributed by atoms with Gasteiger partial charge in [0.25, 0.3) is 0 Å². The average molecular weight is 241 g/mol. The minimum Gasteiger partial charge on any atom is -0.481 e. The highest BCUT2D eigenvalue weighted by Gasteiger charge is 2.36. The topological polar surface area (TPSA) is 57.6 Å². The maximum absolute atomic E-state index is 12.2. The lowest BCUT2D eigenvalue weighted by Gasteiger charge is -2.31. The number of unbranched alkanes of at least 4 members (excludes halogenated alkanes) is 1. The summed E-state index contributed by atoms with van der Waals surface area (Å²) in [6, 6.07) is 0. The molecule has 0 saturated heterocycles.